The normalized spacial score (nSPS) is 14.1. The van der Waals surface area contributed by atoms with Crippen LogP contribution < -0.4 is 9.62 Å². The highest BCUT2D eigenvalue weighted by molar-refractivity contribution is 9.10. The lowest BCUT2D eigenvalue weighted by atomic mass is 10.0. The van der Waals surface area contributed by atoms with Gasteiger partial charge in [0.25, 0.3) is 10.0 Å². The van der Waals surface area contributed by atoms with E-state index in [1.54, 1.807) is 36.4 Å². The summed E-state index contributed by atoms with van der Waals surface area (Å²) in [4.78, 5) is 30.2. The van der Waals surface area contributed by atoms with Gasteiger partial charge >= 0.3 is 0 Å². The highest BCUT2D eigenvalue weighted by Gasteiger charge is 2.35. The van der Waals surface area contributed by atoms with Crippen LogP contribution in [0.25, 0.3) is 0 Å². The van der Waals surface area contributed by atoms with E-state index < -0.39 is 28.5 Å². The monoisotopic (exact) mass is 721 g/mol. The van der Waals surface area contributed by atoms with Crippen LogP contribution in [0.3, 0.4) is 0 Å². The Balaban J connectivity index is 1.57. The van der Waals surface area contributed by atoms with Crippen LogP contribution in [0.4, 0.5) is 5.69 Å². The summed E-state index contributed by atoms with van der Waals surface area (Å²) >= 11 is 9.93. The van der Waals surface area contributed by atoms with E-state index in [4.69, 9.17) is 11.6 Å². The molecule has 1 aliphatic rings. The van der Waals surface area contributed by atoms with Crippen LogP contribution in [0.5, 0.6) is 0 Å². The minimum Gasteiger partial charge on any atom is -0.352 e. The molecule has 0 bridgehead atoms. The molecule has 4 aromatic rings. The molecule has 0 saturated heterocycles. The lowest BCUT2D eigenvalue weighted by molar-refractivity contribution is -0.140. The summed E-state index contributed by atoms with van der Waals surface area (Å²) in [5.74, 6) is -0.765. The first-order valence-corrected chi connectivity index (χ1v) is 17.9. The summed E-state index contributed by atoms with van der Waals surface area (Å²) < 4.78 is 30.2. The molecule has 46 heavy (non-hydrogen) atoms. The number of amides is 2. The van der Waals surface area contributed by atoms with Gasteiger partial charge in [-0.05, 0) is 72.9 Å². The molecular formula is C36H37BrClN3O4S. The highest BCUT2D eigenvalue weighted by Crippen LogP contribution is 2.29. The van der Waals surface area contributed by atoms with Crippen LogP contribution in [0.15, 0.2) is 112 Å². The molecule has 0 spiro atoms. The van der Waals surface area contributed by atoms with Crippen LogP contribution in [0, 0.1) is 6.92 Å². The largest absolute Gasteiger partial charge is 0.352 e. The van der Waals surface area contributed by atoms with Crippen molar-refractivity contribution in [3.8, 4) is 0 Å². The van der Waals surface area contributed by atoms with E-state index in [9.17, 15) is 18.0 Å². The summed E-state index contributed by atoms with van der Waals surface area (Å²) in [5.41, 5.74) is 2.73. The van der Waals surface area contributed by atoms with Gasteiger partial charge in [0.15, 0.2) is 0 Å². The number of nitrogens with one attached hydrogen (secondary N) is 1. The molecule has 0 radical (unpaired) electrons. The molecule has 0 heterocycles. The van der Waals surface area contributed by atoms with Crippen molar-refractivity contribution in [2.24, 2.45) is 0 Å². The number of rotatable bonds is 12. The van der Waals surface area contributed by atoms with Crippen molar-refractivity contribution in [3.63, 3.8) is 0 Å². The lowest BCUT2D eigenvalue weighted by Gasteiger charge is -2.34. The van der Waals surface area contributed by atoms with Crippen molar-refractivity contribution in [2.45, 2.75) is 62.6 Å². The first kappa shape index (κ1) is 33.7. The summed E-state index contributed by atoms with van der Waals surface area (Å²) in [6.45, 7) is 1.40. The third kappa shape index (κ3) is 8.37. The second-order valence-corrected chi connectivity index (χ2v) is 14.8. The molecule has 0 aromatic heterocycles. The van der Waals surface area contributed by atoms with Crippen molar-refractivity contribution >= 4 is 55.1 Å². The van der Waals surface area contributed by atoms with E-state index in [2.05, 4.69) is 21.2 Å². The number of anilines is 1. The molecule has 4 aromatic carbocycles. The number of nitrogens with zero attached hydrogens (tertiary/aromatic N) is 2. The first-order valence-electron chi connectivity index (χ1n) is 15.3. The minimum absolute atomic E-state index is 0.0405. The minimum atomic E-state index is -4.19. The molecule has 7 nitrogen and oxygen atoms in total. The molecule has 240 valence electrons. The summed E-state index contributed by atoms with van der Waals surface area (Å²) in [6.07, 6.45) is 4.13. The Labute approximate surface area is 284 Å². The Morgan fingerprint density at radius 1 is 0.891 bits per heavy atom. The predicted molar refractivity (Wildman–Crippen MR) is 186 cm³/mol. The SMILES string of the molecule is Cc1ccc(N(CC(=O)N(Cc2ccc(Br)cc2)[C@@H](Cc2ccccc2)C(=O)NC2CCCC2)S(=O)(=O)c2ccccc2)cc1Cl. The van der Waals surface area contributed by atoms with E-state index in [-0.39, 0.29) is 35.5 Å². The maximum Gasteiger partial charge on any atom is 0.264 e. The maximum atomic E-state index is 14.6. The molecule has 1 aliphatic carbocycles. The zero-order valence-electron chi connectivity index (χ0n) is 25.6. The fourth-order valence-corrected chi connectivity index (χ4v) is 7.56. The Morgan fingerprint density at radius 3 is 2.15 bits per heavy atom. The third-order valence-corrected chi connectivity index (χ3v) is 11.0. The van der Waals surface area contributed by atoms with Gasteiger partial charge in [-0.25, -0.2) is 8.42 Å². The molecular weight excluding hydrogens is 686 g/mol. The van der Waals surface area contributed by atoms with E-state index in [1.807, 2.05) is 61.5 Å². The zero-order chi connectivity index (χ0) is 32.7. The van der Waals surface area contributed by atoms with Gasteiger partial charge in [0, 0.05) is 28.5 Å². The van der Waals surface area contributed by atoms with Crippen molar-refractivity contribution < 1.29 is 18.0 Å². The molecule has 10 heteroatoms. The van der Waals surface area contributed by atoms with Crippen molar-refractivity contribution in [1.29, 1.82) is 0 Å². The van der Waals surface area contributed by atoms with Crippen LogP contribution >= 0.6 is 27.5 Å². The zero-order valence-corrected chi connectivity index (χ0v) is 28.8. The molecule has 1 N–H and O–H groups in total. The van der Waals surface area contributed by atoms with Gasteiger partial charge in [0.1, 0.15) is 12.6 Å². The summed E-state index contributed by atoms with van der Waals surface area (Å²) in [5, 5.41) is 3.57. The molecule has 5 rings (SSSR count). The molecule has 1 saturated carbocycles. The van der Waals surface area contributed by atoms with Crippen LogP contribution in [-0.2, 0) is 32.6 Å². The quantitative estimate of drug-likeness (QED) is 0.166. The molecule has 0 aliphatic heterocycles. The smallest absolute Gasteiger partial charge is 0.264 e. The van der Waals surface area contributed by atoms with Gasteiger partial charge in [0.2, 0.25) is 11.8 Å². The van der Waals surface area contributed by atoms with E-state index in [1.165, 1.54) is 17.0 Å². The lowest BCUT2D eigenvalue weighted by Crippen LogP contribution is -2.54. The van der Waals surface area contributed by atoms with Crippen molar-refractivity contribution in [2.75, 3.05) is 10.8 Å². The fraction of sp³-hybridized carbons (Fsp3) is 0.278. The number of carbonyl (C=O) groups excluding carboxylic acids is 2. The van der Waals surface area contributed by atoms with Gasteiger partial charge in [-0.3, -0.25) is 13.9 Å². The Hall–Kier alpha value is -3.66. The Morgan fingerprint density at radius 2 is 1.52 bits per heavy atom. The van der Waals surface area contributed by atoms with E-state index in [0.717, 1.165) is 51.2 Å². The van der Waals surface area contributed by atoms with E-state index in [0.29, 0.717) is 5.02 Å². The fourth-order valence-electron chi connectivity index (χ4n) is 5.69. The standard InChI is InChI=1S/C36H37BrClN3O4S/c1-26-16-21-31(23-33(26)38)41(46(44,45)32-14-6-3-7-15-32)25-35(42)40(24-28-17-19-29(37)20-18-28)34(22-27-10-4-2-5-11-27)36(43)39-30-12-8-9-13-30/h2-7,10-11,14-21,23,30,34H,8-9,12-13,22,24-25H2,1H3,(H,39,43)/t34-/m0/s1. The van der Waals surface area contributed by atoms with Gasteiger partial charge in [-0.15, -0.1) is 0 Å². The van der Waals surface area contributed by atoms with Gasteiger partial charge in [-0.2, -0.15) is 0 Å². The number of hydrogen-bond acceptors (Lipinski definition) is 4. The van der Waals surface area contributed by atoms with Gasteiger partial charge in [0.05, 0.1) is 10.6 Å². The number of carbonyl (C=O) groups is 2. The van der Waals surface area contributed by atoms with Crippen LogP contribution in [0.2, 0.25) is 5.02 Å². The Kier molecular flexibility index (Phi) is 11.2. The maximum absolute atomic E-state index is 14.6. The van der Waals surface area contributed by atoms with Crippen molar-refractivity contribution in [3.05, 3.63) is 129 Å². The third-order valence-electron chi connectivity index (χ3n) is 8.29. The van der Waals surface area contributed by atoms with Gasteiger partial charge < -0.3 is 10.2 Å². The van der Waals surface area contributed by atoms with Crippen molar-refractivity contribution in [1.82, 2.24) is 10.2 Å². The molecule has 1 fully saturated rings. The number of sulfonamides is 1. The van der Waals surface area contributed by atoms with Crippen LogP contribution in [-0.4, -0.2) is 43.8 Å². The van der Waals surface area contributed by atoms with E-state index >= 15 is 0 Å². The van der Waals surface area contributed by atoms with Crippen LogP contribution in [0.1, 0.15) is 42.4 Å². The highest BCUT2D eigenvalue weighted by atomic mass is 79.9. The number of aryl methyl sites for hydroxylation is 1. The predicted octanol–water partition coefficient (Wildman–Crippen LogP) is 7.31. The summed E-state index contributed by atoms with van der Waals surface area (Å²) in [7, 11) is -4.19. The topological polar surface area (TPSA) is 86.8 Å². The molecule has 2 amide bonds. The molecule has 0 unspecified atom stereocenters. The van der Waals surface area contributed by atoms with Gasteiger partial charge in [-0.1, -0.05) is 107 Å². The second-order valence-electron chi connectivity index (χ2n) is 11.6. The number of hydrogen-bond donors (Lipinski definition) is 1. The Bertz CT molecular complexity index is 1750. The second kappa shape index (κ2) is 15.3. The summed E-state index contributed by atoms with van der Waals surface area (Å²) in [6, 6.07) is 29.2. The number of halogens is 2. The molecule has 1 atom stereocenters. The first-order chi connectivity index (χ1) is 22.1. The average molecular weight is 723 g/mol. The number of benzene rings is 4. The average Bonchev–Trinajstić information content (AvgIpc) is 3.57.